The van der Waals surface area contributed by atoms with Crippen LogP contribution in [0.4, 0.5) is 0 Å². The Morgan fingerprint density at radius 1 is 0.800 bits per heavy atom. The van der Waals surface area contributed by atoms with Crippen LogP contribution in [0.3, 0.4) is 0 Å². The largest absolute Gasteiger partial charge is 0.464 e. The topological polar surface area (TPSA) is 50.7 Å². The zero-order valence-electron chi connectivity index (χ0n) is 22.0. The second-order valence-corrected chi connectivity index (χ2v) is 9.14. The second-order valence-electron chi connectivity index (χ2n) is 9.14. The zero-order chi connectivity index (χ0) is 25.6. The molecule has 3 aromatic rings. The van der Waals surface area contributed by atoms with Crippen molar-refractivity contribution in [1.82, 2.24) is 5.32 Å². The van der Waals surface area contributed by atoms with Gasteiger partial charge in [0.1, 0.15) is 0 Å². The molecule has 1 N–H and O–H groups in total. The van der Waals surface area contributed by atoms with E-state index in [9.17, 15) is 4.79 Å². The molecule has 1 atom stereocenters. The molecule has 3 aromatic carbocycles. The first kappa shape index (κ1) is 28.0. The number of rotatable bonds is 9. The van der Waals surface area contributed by atoms with Crippen LogP contribution >= 0.6 is 0 Å². The molecule has 4 heteroatoms. The molecule has 3 rings (SSSR count). The van der Waals surface area contributed by atoms with E-state index in [1.165, 1.54) is 5.56 Å². The SMILES string of the molecule is CC(C)NC(C)C.CCOC(=O)C(Cc1ccc(C)cc1)N=C(c1ccccc1)c1ccccc1. The Bertz CT molecular complexity index is 979. The average Bonchev–Trinajstić information content (AvgIpc) is 2.84. The molecule has 0 radical (unpaired) electrons. The van der Waals surface area contributed by atoms with Crippen LogP contribution in [0.2, 0.25) is 0 Å². The molecular formula is C31H40N2O2. The van der Waals surface area contributed by atoms with Gasteiger partial charge >= 0.3 is 5.97 Å². The molecule has 186 valence electrons. The summed E-state index contributed by atoms with van der Waals surface area (Å²) in [4.78, 5) is 17.6. The van der Waals surface area contributed by atoms with E-state index in [4.69, 9.17) is 9.73 Å². The molecule has 0 aromatic heterocycles. The first-order valence-corrected chi connectivity index (χ1v) is 12.5. The minimum Gasteiger partial charge on any atom is -0.464 e. The molecule has 0 aliphatic carbocycles. The average molecular weight is 473 g/mol. The molecule has 0 aliphatic rings. The van der Waals surface area contributed by atoms with E-state index in [0.29, 0.717) is 25.1 Å². The summed E-state index contributed by atoms with van der Waals surface area (Å²) in [5.41, 5.74) is 5.01. The second kappa shape index (κ2) is 14.9. The molecule has 0 spiro atoms. The Balaban J connectivity index is 0.000000540. The van der Waals surface area contributed by atoms with Crippen LogP contribution in [0.15, 0.2) is 89.9 Å². The summed E-state index contributed by atoms with van der Waals surface area (Å²) in [6, 6.07) is 28.8. The molecule has 0 bridgehead atoms. The van der Waals surface area contributed by atoms with E-state index in [1.807, 2.05) is 86.6 Å². The summed E-state index contributed by atoms with van der Waals surface area (Å²) in [6.07, 6.45) is 0.502. The first-order valence-electron chi connectivity index (χ1n) is 12.5. The lowest BCUT2D eigenvalue weighted by Gasteiger charge is -2.15. The van der Waals surface area contributed by atoms with E-state index in [1.54, 1.807) is 0 Å². The summed E-state index contributed by atoms with van der Waals surface area (Å²) in [7, 11) is 0. The number of benzene rings is 3. The monoisotopic (exact) mass is 472 g/mol. The highest BCUT2D eigenvalue weighted by Crippen LogP contribution is 2.16. The zero-order valence-corrected chi connectivity index (χ0v) is 22.0. The van der Waals surface area contributed by atoms with Gasteiger partial charge in [0.15, 0.2) is 6.04 Å². The third-order valence-corrected chi connectivity index (χ3v) is 5.15. The molecule has 0 heterocycles. The lowest BCUT2D eigenvalue weighted by molar-refractivity contribution is -0.144. The van der Waals surface area contributed by atoms with Crippen LogP contribution in [-0.2, 0) is 16.0 Å². The van der Waals surface area contributed by atoms with Crippen molar-refractivity contribution in [3.63, 3.8) is 0 Å². The maximum absolute atomic E-state index is 12.7. The highest BCUT2D eigenvalue weighted by Gasteiger charge is 2.21. The smallest absolute Gasteiger partial charge is 0.331 e. The predicted molar refractivity (Wildman–Crippen MR) is 147 cm³/mol. The lowest BCUT2D eigenvalue weighted by Crippen LogP contribution is -2.29. The van der Waals surface area contributed by atoms with Crippen LogP contribution in [0.25, 0.3) is 0 Å². The van der Waals surface area contributed by atoms with Crippen LogP contribution < -0.4 is 5.32 Å². The number of esters is 1. The van der Waals surface area contributed by atoms with Gasteiger partial charge in [0.25, 0.3) is 0 Å². The molecule has 4 nitrogen and oxygen atoms in total. The van der Waals surface area contributed by atoms with E-state index >= 15 is 0 Å². The van der Waals surface area contributed by atoms with Gasteiger partial charge in [-0.3, -0.25) is 4.99 Å². The Morgan fingerprint density at radius 2 is 1.29 bits per heavy atom. The fourth-order valence-corrected chi connectivity index (χ4v) is 3.70. The summed E-state index contributed by atoms with van der Waals surface area (Å²) in [6.45, 7) is 12.8. The lowest BCUT2D eigenvalue weighted by atomic mass is 10.0. The van der Waals surface area contributed by atoms with Crippen molar-refractivity contribution >= 4 is 11.7 Å². The van der Waals surface area contributed by atoms with Gasteiger partial charge in [-0.15, -0.1) is 0 Å². The van der Waals surface area contributed by atoms with Gasteiger partial charge in [-0.2, -0.15) is 0 Å². The molecule has 0 saturated carbocycles. The number of aryl methyl sites for hydroxylation is 1. The number of nitrogens with zero attached hydrogens (tertiary/aromatic N) is 1. The van der Waals surface area contributed by atoms with Gasteiger partial charge in [-0.25, -0.2) is 4.79 Å². The number of nitrogens with one attached hydrogen (secondary N) is 1. The van der Waals surface area contributed by atoms with E-state index in [2.05, 4.69) is 45.1 Å². The molecule has 0 amide bonds. The van der Waals surface area contributed by atoms with Gasteiger partial charge in [0.2, 0.25) is 0 Å². The third kappa shape index (κ3) is 10.3. The van der Waals surface area contributed by atoms with Crippen LogP contribution in [0.1, 0.15) is 56.9 Å². The van der Waals surface area contributed by atoms with Gasteiger partial charge in [0, 0.05) is 29.6 Å². The standard InChI is InChI=1S/C25H25NO2.C6H15N/c1-3-28-25(27)23(18-20-16-14-19(2)15-17-20)26-24(21-10-6-4-7-11-21)22-12-8-5-9-13-22;1-5(2)7-6(3)4/h4-17,23H,3,18H2,1-2H3;5-7H,1-4H3. The van der Waals surface area contributed by atoms with E-state index in [-0.39, 0.29) is 5.97 Å². The molecule has 0 saturated heterocycles. The Morgan fingerprint density at radius 3 is 1.69 bits per heavy atom. The highest BCUT2D eigenvalue weighted by atomic mass is 16.5. The third-order valence-electron chi connectivity index (χ3n) is 5.15. The normalized spacial score (nSPS) is 11.4. The summed E-state index contributed by atoms with van der Waals surface area (Å²) >= 11 is 0. The predicted octanol–water partition coefficient (Wildman–Crippen LogP) is 6.40. The fraction of sp³-hybridized carbons (Fsp3) is 0.355. The number of hydrogen-bond acceptors (Lipinski definition) is 4. The minimum atomic E-state index is -0.599. The van der Waals surface area contributed by atoms with Crippen molar-refractivity contribution in [3.8, 4) is 0 Å². The summed E-state index contributed by atoms with van der Waals surface area (Å²) in [5, 5.41) is 3.31. The quantitative estimate of drug-likeness (QED) is 0.290. The van der Waals surface area contributed by atoms with Gasteiger partial charge in [-0.05, 0) is 19.4 Å². The maximum atomic E-state index is 12.7. The summed E-state index contributed by atoms with van der Waals surface area (Å²) < 4.78 is 5.33. The van der Waals surface area contributed by atoms with Crippen molar-refractivity contribution in [3.05, 3.63) is 107 Å². The van der Waals surface area contributed by atoms with Crippen LogP contribution in [0.5, 0.6) is 0 Å². The number of hydrogen-bond donors (Lipinski definition) is 1. The fourth-order valence-electron chi connectivity index (χ4n) is 3.70. The van der Waals surface area contributed by atoms with E-state index in [0.717, 1.165) is 22.4 Å². The van der Waals surface area contributed by atoms with Gasteiger partial charge in [0.05, 0.1) is 12.3 Å². The van der Waals surface area contributed by atoms with Crippen LogP contribution in [-0.4, -0.2) is 36.4 Å². The van der Waals surface area contributed by atoms with Crippen molar-refractivity contribution in [2.75, 3.05) is 6.61 Å². The number of carbonyl (C=O) groups excluding carboxylic acids is 1. The van der Waals surface area contributed by atoms with Crippen LogP contribution in [0, 0.1) is 6.92 Å². The minimum absolute atomic E-state index is 0.299. The Labute approximate surface area is 211 Å². The van der Waals surface area contributed by atoms with E-state index < -0.39 is 6.04 Å². The van der Waals surface area contributed by atoms with Crippen molar-refractivity contribution < 1.29 is 9.53 Å². The van der Waals surface area contributed by atoms with Crippen molar-refractivity contribution in [2.24, 2.45) is 4.99 Å². The number of carbonyl (C=O) groups is 1. The molecule has 35 heavy (non-hydrogen) atoms. The van der Waals surface area contributed by atoms with Crippen molar-refractivity contribution in [1.29, 1.82) is 0 Å². The summed E-state index contributed by atoms with van der Waals surface area (Å²) in [5.74, 6) is -0.299. The number of aliphatic imine (C=N–C) groups is 1. The molecule has 1 unspecified atom stereocenters. The molecular weight excluding hydrogens is 432 g/mol. The van der Waals surface area contributed by atoms with Gasteiger partial charge in [-0.1, -0.05) is 118 Å². The maximum Gasteiger partial charge on any atom is 0.331 e. The molecule has 0 aliphatic heterocycles. The Kier molecular flexibility index (Phi) is 11.9. The number of ether oxygens (including phenoxy) is 1. The molecule has 0 fully saturated rings. The van der Waals surface area contributed by atoms with Crippen molar-refractivity contribution in [2.45, 2.75) is 66.1 Å². The van der Waals surface area contributed by atoms with Gasteiger partial charge < -0.3 is 10.1 Å². The Hall–Kier alpha value is -3.24. The first-order chi connectivity index (χ1) is 16.8. The highest BCUT2D eigenvalue weighted by molar-refractivity contribution is 6.13.